The van der Waals surface area contributed by atoms with E-state index >= 15 is 0 Å². The van der Waals surface area contributed by atoms with Crippen molar-refractivity contribution >= 4 is 7.32 Å². The molecule has 0 spiro atoms. The van der Waals surface area contributed by atoms with Gasteiger partial charge in [0.1, 0.15) is 37.2 Å². The third-order valence-electron chi connectivity index (χ3n) is 6.99. The average Bonchev–Trinajstić information content (AvgIpc) is 3.82. The van der Waals surface area contributed by atoms with Crippen LogP contribution in [-0.4, -0.2) is 42.7 Å². The summed E-state index contributed by atoms with van der Waals surface area (Å²) in [5, 5.41) is 59.9. The van der Waals surface area contributed by atoms with E-state index < -0.39 is 7.32 Å². The number of aromatic hydroxyl groups is 4. The van der Waals surface area contributed by atoms with E-state index in [0.717, 1.165) is 0 Å². The molecule has 0 aliphatic carbocycles. The number of nitrogens with one attached hydrogen (secondary N) is 3. The summed E-state index contributed by atoms with van der Waals surface area (Å²) in [5.41, 5.74) is 0. The molecule has 5 aromatic rings. The Labute approximate surface area is 297 Å². The standard InChI is InChI=1S/3C8H14N2.2C6H6O2.BO3/c3*1-3-4-5-8-9-6-7-10(8)2;2*7-5-3-1-2-4-6(5)8;2-1(3)4/h3*6-7H,3-5H2,1-2H3;2*1-4,7-8H;/q;;;;;-3/p+3. The number of rotatable bonds is 9. The zero-order chi connectivity index (χ0) is 37.7. The number of phenolic OH excluding ortho intramolecular Hbond substituents is 4. The molecule has 7 N–H and O–H groups in total. The van der Waals surface area contributed by atoms with Gasteiger partial charge in [-0.25, -0.2) is 28.7 Å². The number of H-pyrrole nitrogens is 3. The molecule has 0 atom stereocenters. The van der Waals surface area contributed by atoms with Crippen molar-refractivity contribution in [1.29, 1.82) is 0 Å². The summed E-state index contributed by atoms with van der Waals surface area (Å²) in [6, 6.07) is 12.3. The van der Waals surface area contributed by atoms with Crippen LogP contribution in [0.3, 0.4) is 0 Å². The van der Waals surface area contributed by atoms with E-state index in [1.807, 2.05) is 37.2 Å². The molecule has 14 heteroatoms. The normalized spacial score (nSPS) is 9.54. The second-order valence-corrected chi connectivity index (χ2v) is 11.1. The van der Waals surface area contributed by atoms with Gasteiger partial charge in [-0.05, 0) is 43.5 Å². The Kier molecular flexibility index (Phi) is 25.4. The monoisotopic (exact) mass is 696 g/mol. The molecule has 0 aliphatic rings. The summed E-state index contributed by atoms with van der Waals surface area (Å²) in [6.45, 7) is 6.63. The number of aryl methyl sites for hydroxylation is 6. The van der Waals surface area contributed by atoms with E-state index in [-0.39, 0.29) is 23.0 Å². The lowest BCUT2D eigenvalue weighted by Gasteiger charge is -2.35. The second kappa shape index (κ2) is 28.1. The summed E-state index contributed by atoms with van der Waals surface area (Å²) in [7, 11) is 3.30. The number of hydrogen-bond donors (Lipinski definition) is 7. The zero-order valence-corrected chi connectivity index (χ0v) is 30.4. The maximum Gasteiger partial charge on any atom is 0.253 e. The van der Waals surface area contributed by atoms with Crippen molar-refractivity contribution in [3.8, 4) is 23.0 Å². The van der Waals surface area contributed by atoms with Crippen LogP contribution in [0.5, 0.6) is 23.0 Å². The van der Waals surface area contributed by atoms with E-state index in [0.29, 0.717) is 0 Å². The van der Waals surface area contributed by atoms with Crippen LogP contribution in [0.15, 0.2) is 85.7 Å². The molecule has 0 fully saturated rings. The minimum atomic E-state index is -2.92. The molecular weight excluding hydrogens is 639 g/mol. The summed E-state index contributed by atoms with van der Waals surface area (Å²) in [4.78, 5) is 9.61. The Balaban J connectivity index is 0.000000586. The van der Waals surface area contributed by atoms with Gasteiger partial charge in [-0.1, -0.05) is 64.3 Å². The van der Waals surface area contributed by atoms with Gasteiger partial charge in [0.25, 0.3) is 17.5 Å². The summed E-state index contributed by atoms with van der Waals surface area (Å²) < 4.78 is 6.40. The molecule has 0 amide bonds. The van der Waals surface area contributed by atoms with Gasteiger partial charge in [-0.15, -0.1) is 0 Å². The predicted molar refractivity (Wildman–Crippen MR) is 187 cm³/mol. The van der Waals surface area contributed by atoms with Crippen molar-refractivity contribution in [1.82, 2.24) is 15.0 Å². The molecule has 3 aromatic heterocycles. The number of aromatic amines is 3. The van der Waals surface area contributed by atoms with Gasteiger partial charge in [-0.2, -0.15) is 0 Å². The molecule has 2 aromatic carbocycles. The van der Waals surface area contributed by atoms with Gasteiger partial charge in [0, 0.05) is 19.3 Å². The number of benzene rings is 2. The molecule has 0 unspecified atom stereocenters. The number of phenols is 4. The molecule has 3 heterocycles. The van der Waals surface area contributed by atoms with Crippen molar-refractivity contribution in [3.05, 3.63) is 103 Å². The first-order valence-corrected chi connectivity index (χ1v) is 16.8. The van der Waals surface area contributed by atoms with E-state index in [9.17, 15) is 0 Å². The highest BCUT2D eigenvalue weighted by atomic mass is 16.5. The number of unbranched alkanes of at least 4 members (excludes halogenated alkanes) is 3. The summed E-state index contributed by atoms with van der Waals surface area (Å²) >= 11 is 0. The van der Waals surface area contributed by atoms with Crippen LogP contribution in [0.4, 0.5) is 0 Å². The lowest BCUT2D eigenvalue weighted by Crippen LogP contribution is -2.56. The number of para-hydroxylation sites is 4. The van der Waals surface area contributed by atoms with Gasteiger partial charge in [0.2, 0.25) is 0 Å². The smallest absolute Gasteiger partial charge is 0.253 e. The first kappa shape index (κ1) is 45.2. The summed E-state index contributed by atoms with van der Waals surface area (Å²) in [6.07, 6.45) is 23.2. The largest absolute Gasteiger partial charge is 0.907 e. The van der Waals surface area contributed by atoms with Crippen LogP contribution in [0.2, 0.25) is 0 Å². The second-order valence-electron chi connectivity index (χ2n) is 11.1. The highest BCUT2D eigenvalue weighted by Crippen LogP contribution is 2.22. The third-order valence-corrected chi connectivity index (χ3v) is 6.99. The fourth-order valence-electron chi connectivity index (χ4n) is 4.02. The van der Waals surface area contributed by atoms with E-state index in [4.69, 9.17) is 35.5 Å². The maximum absolute atomic E-state index is 8.67. The van der Waals surface area contributed by atoms with Gasteiger partial charge < -0.3 is 35.5 Å². The Morgan fingerprint density at radius 3 is 0.860 bits per heavy atom. The molecule has 5 rings (SSSR count). The van der Waals surface area contributed by atoms with Gasteiger partial charge in [0.15, 0.2) is 23.0 Å². The molecule has 276 valence electrons. The fourth-order valence-corrected chi connectivity index (χ4v) is 4.02. The Hall–Kier alpha value is -4.79. The van der Waals surface area contributed by atoms with Crippen LogP contribution >= 0.6 is 0 Å². The fraction of sp³-hybridized carbons (Fsp3) is 0.417. The summed E-state index contributed by atoms with van der Waals surface area (Å²) in [5.74, 6) is 3.66. The molecule has 0 saturated carbocycles. The Bertz CT molecular complexity index is 1330. The SMILES string of the molecule is CCCCc1[nH]cc[n+]1C.CCCCc1[nH]cc[n+]1C.CCCCc1[nH]cc[n+]1C.Oc1ccccc1O.Oc1ccccc1O.[O-]B([O-])[O-]. The topological polar surface area (TPSA) is 209 Å². The number of imidazole rings is 3. The highest BCUT2D eigenvalue weighted by molar-refractivity contribution is 6.24. The molecule has 0 bridgehead atoms. The minimum absolute atomic E-state index is 0.0764. The van der Waals surface area contributed by atoms with Gasteiger partial charge >= 0.3 is 0 Å². The van der Waals surface area contributed by atoms with Gasteiger partial charge in [0.05, 0.1) is 21.1 Å². The van der Waals surface area contributed by atoms with Crippen LogP contribution < -0.4 is 28.8 Å². The quantitative estimate of drug-likeness (QED) is 0.0690. The van der Waals surface area contributed by atoms with Crippen molar-refractivity contribution in [3.63, 3.8) is 0 Å². The van der Waals surface area contributed by atoms with Crippen molar-refractivity contribution < 1.29 is 49.2 Å². The lowest BCUT2D eigenvalue weighted by molar-refractivity contribution is -0.678. The van der Waals surface area contributed by atoms with E-state index in [2.05, 4.69) is 70.6 Å². The average molecular weight is 697 g/mol. The predicted octanol–water partition coefficient (Wildman–Crippen LogP) is 1.79. The molecule has 0 saturated heterocycles. The molecule has 0 aliphatic heterocycles. The lowest BCUT2D eigenvalue weighted by atomic mass is 10.2. The first-order chi connectivity index (χ1) is 23.9. The number of hydrogen-bond acceptors (Lipinski definition) is 7. The first-order valence-electron chi connectivity index (χ1n) is 16.8. The number of nitrogens with zero attached hydrogens (tertiary/aromatic N) is 3. The van der Waals surface area contributed by atoms with Crippen LogP contribution in [0.25, 0.3) is 0 Å². The molecule has 50 heavy (non-hydrogen) atoms. The van der Waals surface area contributed by atoms with Crippen molar-refractivity contribution in [2.45, 2.75) is 78.6 Å². The molecule has 0 radical (unpaired) electrons. The molecular formula is C36H57BN6O7. The Morgan fingerprint density at radius 1 is 0.500 bits per heavy atom. The third kappa shape index (κ3) is 22.0. The van der Waals surface area contributed by atoms with E-state index in [1.165, 1.54) is 99.5 Å². The minimum Gasteiger partial charge on any atom is -0.907 e. The van der Waals surface area contributed by atoms with Crippen molar-refractivity contribution in [2.24, 2.45) is 21.1 Å². The number of aromatic nitrogens is 6. The van der Waals surface area contributed by atoms with Gasteiger partial charge in [-0.3, -0.25) is 7.32 Å². The highest BCUT2D eigenvalue weighted by Gasteiger charge is 2.05. The maximum atomic E-state index is 8.67. The van der Waals surface area contributed by atoms with E-state index in [1.54, 1.807) is 24.3 Å². The van der Waals surface area contributed by atoms with Crippen LogP contribution in [-0.2, 0) is 40.4 Å². The Morgan fingerprint density at radius 2 is 0.720 bits per heavy atom. The zero-order valence-electron chi connectivity index (χ0n) is 30.4. The van der Waals surface area contributed by atoms with Crippen molar-refractivity contribution in [2.75, 3.05) is 0 Å². The van der Waals surface area contributed by atoms with Crippen LogP contribution in [0.1, 0.15) is 76.8 Å². The van der Waals surface area contributed by atoms with Crippen LogP contribution in [0, 0.1) is 0 Å². The molecule has 13 nitrogen and oxygen atoms in total.